The first-order chi connectivity index (χ1) is 17.3. The lowest BCUT2D eigenvalue weighted by molar-refractivity contribution is -0.127. The van der Waals surface area contributed by atoms with E-state index < -0.39 is 0 Å². The van der Waals surface area contributed by atoms with Crippen molar-refractivity contribution in [1.82, 2.24) is 19.4 Å². The van der Waals surface area contributed by atoms with Crippen LogP contribution >= 0.6 is 11.6 Å². The highest BCUT2D eigenvalue weighted by Gasteiger charge is 2.23. The second-order valence-corrected chi connectivity index (χ2v) is 9.74. The number of imidazole rings is 1. The van der Waals surface area contributed by atoms with Crippen LogP contribution in [-0.2, 0) is 24.3 Å². The molecule has 1 aromatic heterocycles. The Labute approximate surface area is 222 Å². The van der Waals surface area contributed by atoms with Crippen molar-refractivity contribution in [1.29, 1.82) is 0 Å². The summed E-state index contributed by atoms with van der Waals surface area (Å²) in [6.45, 7) is 13.9. The van der Waals surface area contributed by atoms with Crippen LogP contribution in [0.4, 0.5) is 0 Å². The predicted octanol–water partition coefficient (Wildman–Crippen LogP) is 6.18. The van der Waals surface area contributed by atoms with Crippen molar-refractivity contribution in [3.05, 3.63) is 64.7 Å². The molecule has 1 aromatic carbocycles. The van der Waals surface area contributed by atoms with Crippen molar-refractivity contribution in [2.75, 3.05) is 19.6 Å². The van der Waals surface area contributed by atoms with Gasteiger partial charge in [-0.2, -0.15) is 0 Å². The number of Topliss-reactive ketones (excluding diaryl/α,β-unsaturated/α-hetero) is 1. The summed E-state index contributed by atoms with van der Waals surface area (Å²) in [5.41, 5.74) is 1.85. The van der Waals surface area contributed by atoms with Gasteiger partial charge in [-0.1, -0.05) is 69.5 Å². The maximum atomic E-state index is 12.5. The number of carbonyl (C=O) groups excluding carboxylic acids is 2. The smallest absolute Gasteiger partial charge is 0.246 e. The van der Waals surface area contributed by atoms with E-state index in [0.29, 0.717) is 31.4 Å². The number of ketones is 1. The molecule has 1 aliphatic rings. The van der Waals surface area contributed by atoms with Gasteiger partial charge in [0.05, 0.1) is 12.7 Å². The van der Waals surface area contributed by atoms with Crippen molar-refractivity contribution in [2.45, 2.75) is 85.9 Å². The third kappa shape index (κ3) is 8.90. The SMILES string of the molecule is CCCCCN(C/C=C/C(=O)N1CCn2c(C(C)=O)cnc2C1)C(C)CC.CCc1ccccc1Cl. The number of amides is 1. The van der Waals surface area contributed by atoms with E-state index in [1.165, 1.54) is 24.8 Å². The van der Waals surface area contributed by atoms with Crippen LogP contribution in [0, 0.1) is 0 Å². The lowest BCUT2D eigenvalue weighted by Crippen LogP contribution is -2.38. The molecule has 0 aliphatic carbocycles. The Morgan fingerprint density at radius 2 is 1.92 bits per heavy atom. The fourth-order valence-electron chi connectivity index (χ4n) is 4.22. The van der Waals surface area contributed by atoms with Gasteiger partial charge in [0, 0.05) is 43.7 Å². The summed E-state index contributed by atoms with van der Waals surface area (Å²) in [6.07, 6.45) is 11.1. The van der Waals surface area contributed by atoms with Crippen LogP contribution in [0.3, 0.4) is 0 Å². The van der Waals surface area contributed by atoms with E-state index in [0.717, 1.165) is 36.8 Å². The minimum Gasteiger partial charge on any atom is -0.330 e. The number of halogens is 1. The maximum absolute atomic E-state index is 12.5. The number of benzene rings is 1. The van der Waals surface area contributed by atoms with Gasteiger partial charge in [-0.15, -0.1) is 0 Å². The molecule has 1 amide bonds. The highest BCUT2D eigenvalue weighted by atomic mass is 35.5. The Balaban J connectivity index is 0.000000425. The molecule has 7 heteroatoms. The molecule has 0 N–H and O–H groups in total. The van der Waals surface area contributed by atoms with E-state index in [-0.39, 0.29) is 11.7 Å². The van der Waals surface area contributed by atoms with Gasteiger partial charge in [0.2, 0.25) is 5.91 Å². The Kier molecular flexibility index (Phi) is 12.9. The van der Waals surface area contributed by atoms with E-state index >= 15 is 0 Å². The summed E-state index contributed by atoms with van der Waals surface area (Å²) < 4.78 is 1.92. The van der Waals surface area contributed by atoms with Crippen LogP contribution in [0.5, 0.6) is 0 Å². The van der Waals surface area contributed by atoms with Gasteiger partial charge < -0.3 is 9.47 Å². The van der Waals surface area contributed by atoms with Crippen LogP contribution in [0.25, 0.3) is 0 Å². The Bertz CT molecular complexity index is 1000. The van der Waals surface area contributed by atoms with Gasteiger partial charge in [0.25, 0.3) is 0 Å². The number of unbranched alkanes of at least 4 members (excludes halogenated alkanes) is 2. The average molecular weight is 515 g/mol. The number of aryl methyl sites for hydroxylation is 1. The van der Waals surface area contributed by atoms with Gasteiger partial charge >= 0.3 is 0 Å². The molecule has 6 nitrogen and oxygen atoms in total. The first kappa shape index (κ1) is 29.8. The topological polar surface area (TPSA) is 58.4 Å². The molecule has 0 fully saturated rings. The third-order valence-corrected chi connectivity index (χ3v) is 7.11. The molecule has 0 saturated carbocycles. The average Bonchev–Trinajstić information content (AvgIpc) is 3.31. The zero-order chi connectivity index (χ0) is 26.5. The fourth-order valence-corrected chi connectivity index (χ4v) is 4.49. The molecule has 3 rings (SSSR count). The number of rotatable bonds is 11. The van der Waals surface area contributed by atoms with Gasteiger partial charge in [-0.3, -0.25) is 14.5 Å². The summed E-state index contributed by atoms with van der Waals surface area (Å²) in [5.74, 6) is 0.821. The Morgan fingerprint density at radius 1 is 1.17 bits per heavy atom. The zero-order valence-electron chi connectivity index (χ0n) is 22.7. The second-order valence-electron chi connectivity index (χ2n) is 9.33. The van der Waals surface area contributed by atoms with Crippen molar-refractivity contribution in [2.24, 2.45) is 0 Å². The van der Waals surface area contributed by atoms with Crippen LogP contribution in [0.1, 0.15) is 82.2 Å². The van der Waals surface area contributed by atoms with Crippen molar-refractivity contribution >= 4 is 23.3 Å². The number of fused-ring (bicyclic) bond motifs is 1. The molecule has 198 valence electrons. The van der Waals surface area contributed by atoms with E-state index in [9.17, 15) is 9.59 Å². The number of hydrogen-bond donors (Lipinski definition) is 0. The molecular weight excluding hydrogens is 472 g/mol. The standard InChI is InChI=1S/C21H34N4O2.C8H9Cl/c1-5-7-8-11-23(17(3)6-2)12-9-10-21(27)24-13-14-25-19(18(4)26)15-22-20(25)16-24;1-2-7-5-3-4-6-8(7)9/h9-10,15,17H,5-8,11-14,16H2,1-4H3;3-6H,2H2,1H3/b10-9+;. The molecule has 2 heterocycles. The van der Waals surface area contributed by atoms with Crippen molar-refractivity contribution in [3.63, 3.8) is 0 Å². The first-order valence-corrected chi connectivity index (χ1v) is 13.7. The molecule has 2 aromatic rings. The lowest BCUT2D eigenvalue weighted by Gasteiger charge is -2.28. The molecule has 0 saturated heterocycles. The minimum absolute atomic E-state index is 0.0154. The van der Waals surface area contributed by atoms with E-state index in [1.54, 1.807) is 24.1 Å². The minimum atomic E-state index is 0.0154. The molecule has 1 aliphatic heterocycles. The van der Waals surface area contributed by atoms with E-state index in [1.807, 2.05) is 34.9 Å². The highest BCUT2D eigenvalue weighted by molar-refractivity contribution is 6.31. The van der Waals surface area contributed by atoms with Gasteiger partial charge in [-0.25, -0.2) is 4.98 Å². The second kappa shape index (κ2) is 15.6. The lowest BCUT2D eigenvalue weighted by atomic mass is 10.2. The number of carbonyl (C=O) groups is 2. The Morgan fingerprint density at radius 3 is 2.53 bits per heavy atom. The molecule has 0 radical (unpaired) electrons. The molecule has 0 spiro atoms. The van der Waals surface area contributed by atoms with Gasteiger partial charge in [-0.05, 0) is 44.4 Å². The quantitative estimate of drug-likeness (QED) is 0.204. The normalized spacial score (nSPS) is 13.9. The van der Waals surface area contributed by atoms with Crippen LogP contribution in [-0.4, -0.2) is 56.7 Å². The first-order valence-electron chi connectivity index (χ1n) is 13.3. The van der Waals surface area contributed by atoms with Crippen molar-refractivity contribution < 1.29 is 9.59 Å². The Hall–Kier alpha value is -2.44. The molecule has 1 unspecified atom stereocenters. The predicted molar refractivity (Wildman–Crippen MR) is 148 cm³/mol. The van der Waals surface area contributed by atoms with E-state index in [4.69, 9.17) is 11.6 Å². The maximum Gasteiger partial charge on any atom is 0.246 e. The van der Waals surface area contributed by atoms with Crippen LogP contribution in [0.15, 0.2) is 42.6 Å². The number of aromatic nitrogens is 2. The number of hydrogen-bond acceptors (Lipinski definition) is 4. The highest BCUT2D eigenvalue weighted by Crippen LogP contribution is 2.16. The zero-order valence-corrected chi connectivity index (χ0v) is 23.4. The summed E-state index contributed by atoms with van der Waals surface area (Å²) in [7, 11) is 0. The molecule has 0 bridgehead atoms. The molecular formula is C29H43ClN4O2. The van der Waals surface area contributed by atoms with Gasteiger partial charge in [0.15, 0.2) is 5.78 Å². The summed E-state index contributed by atoms with van der Waals surface area (Å²) in [6, 6.07) is 8.43. The van der Waals surface area contributed by atoms with Crippen LogP contribution in [0.2, 0.25) is 5.02 Å². The van der Waals surface area contributed by atoms with Crippen molar-refractivity contribution in [3.8, 4) is 0 Å². The summed E-state index contributed by atoms with van der Waals surface area (Å²) in [5, 5.41) is 0.875. The summed E-state index contributed by atoms with van der Waals surface area (Å²) in [4.78, 5) is 32.7. The molecule has 1 atom stereocenters. The third-order valence-electron chi connectivity index (χ3n) is 6.74. The van der Waals surface area contributed by atoms with Gasteiger partial charge in [0.1, 0.15) is 11.5 Å². The number of nitrogens with zero attached hydrogens (tertiary/aromatic N) is 4. The molecule has 36 heavy (non-hydrogen) atoms. The van der Waals surface area contributed by atoms with E-state index in [2.05, 4.69) is 37.6 Å². The largest absolute Gasteiger partial charge is 0.330 e. The van der Waals surface area contributed by atoms with Crippen LogP contribution < -0.4 is 0 Å². The fraction of sp³-hybridized carbons (Fsp3) is 0.552. The monoisotopic (exact) mass is 514 g/mol. The summed E-state index contributed by atoms with van der Waals surface area (Å²) >= 11 is 5.82.